The second kappa shape index (κ2) is 7.71. The fraction of sp³-hybridized carbons (Fsp3) is 0.714. The normalized spacial score (nSPS) is 19.9. The zero-order valence-electron chi connectivity index (χ0n) is 13.0. The first-order valence-corrected chi connectivity index (χ1v) is 9.05. The molecule has 7 nitrogen and oxygen atoms in total. The van der Waals surface area contributed by atoms with Crippen LogP contribution in [0, 0.1) is 3.95 Å². The van der Waals surface area contributed by atoms with Crippen LogP contribution in [0.5, 0.6) is 0 Å². The smallest absolute Gasteiger partial charge is 0.267 e. The number of amides is 1. The molecule has 0 aliphatic carbocycles. The van der Waals surface area contributed by atoms with E-state index in [1.807, 2.05) is 4.57 Å². The van der Waals surface area contributed by atoms with E-state index in [0.717, 1.165) is 32.8 Å². The summed E-state index contributed by atoms with van der Waals surface area (Å²) in [6.07, 6.45) is 0. The number of aromatic nitrogens is 1. The Morgan fingerprint density at radius 2 is 1.70 bits per heavy atom. The van der Waals surface area contributed by atoms with E-state index in [-0.39, 0.29) is 5.91 Å². The number of nitrogens with zero attached hydrogens (tertiary/aromatic N) is 3. The third-order valence-electron chi connectivity index (χ3n) is 4.17. The van der Waals surface area contributed by atoms with Gasteiger partial charge >= 0.3 is 0 Å². The molecule has 3 rings (SSSR count). The zero-order valence-corrected chi connectivity index (χ0v) is 14.7. The Bertz CT molecular complexity index is 604. The van der Waals surface area contributed by atoms with E-state index < -0.39 is 0 Å². The number of ether oxygens (including phenoxy) is 2. The molecule has 0 spiro atoms. The molecule has 128 valence electrons. The number of morpholine rings is 2. The van der Waals surface area contributed by atoms with Gasteiger partial charge in [0.25, 0.3) is 5.91 Å². The summed E-state index contributed by atoms with van der Waals surface area (Å²) in [6.45, 7) is 7.34. The van der Waals surface area contributed by atoms with Crippen LogP contribution in [-0.2, 0) is 16.0 Å². The topological polar surface area (TPSA) is 73.0 Å². The number of hydrogen-bond donors (Lipinski definition) is 1. The van der Waals surface area contributed by atoms with E-state index in [4.69, 9.17) is 27.4 Å². The van der Waals surface area contributed by atoms with E-state index >= 15 is 0 Å². The SMILES string of the molecule is Nc1c(C(=O)N2CCOCC2)sc(=S)n1CCN1CCOCC1. The summed E-state index contributed by atoms with van der Waals surface area (Å²) in [5.74, 6) is 0.455. The van der Waals surface area contributed by atoms with Crippen LogP contribution in [0.25, 0.3) is 0 Å². The Labute approximate surface area is 144 Å². The predicted molar refractivity (Wildman–Crippen MR) is 91.5 cm³/mol. The Hall–Kier alpha value is -1.00. The van der Waals surface area contributed by atoms with Gasteiger partial charge in [-0.1, -0.05) is 11.3 Å². The summed E-state index contributed by atoms with van der Waals surface area (Å²) in [6, 6.07) is 0. The molecule has 9 heteroatoms. The van der Waals surface area contributed by atoms with E-state index in [2.05, 4.69) is 4.90 Å². The summed E-state index contributed by atoms with van der Waals surface area (Å²) in [7, 11) is 0. The number of thiazole rings is 1. The van der Waals surface area contributed by atoms with Gasteiger partial charge in [0.05, 0.1) is 26.4 Å². The fourth-order valence-electron chi connectivity index (χ4n) is 2.76. The zero-order chi connectivity index (χ0) is 16.2. The lowest BCUT2D eigenvalue weighted by Gasteiger charge is -2.27. The molecule has 2 N–H and O–H groups in total. The van der Waals surface area contributed by atoms with Crippen molar-refractivity contribution in [1.82, 2.24) is 14.4 Å². The maximum atomic E-state index is 12.6. The Morgan fingerprint density at radius 1 is 1.09 bits per heavy atom. The van der Waals surface area contributed by atoms with Gasteiger partial charge in [0.15, 0.2) is 3.95 Å². The molecule has 0 unspecified atom stereocenters. The molecule has 0 atom stereocenters. The predicted octanol–water partition coefficient (Wildman–Crippen LogP) is 0.666. The molecule has 23 heavy (non-hydrogen) atoms. The van der Waals surface area contributed by atoms with Crippen LogP contribution in [-0.4, -0.2) is 79.4 Å². The minimum Gasteiger partial charge on any atom is -0.384 e. The second-order valence-electron chi connectivity index (χ2n) is 5.59. The van der Waals surface area contributed by atoms with Gasteiger partial charge in [0.2, 0.25) is 0 Å². The Morgan fingerprint density at radius 3 is 2.35 bits per heavy atom. The van der Waals surface area contributed by atoms with Crippen LogP contribution in [0.15, 0.2) is 0 Å². The van der Waals surface area contributed by atoms with Crippen molar-refractivity contribution in [2.75, 3.05) is 64.9 Å². The van der Waals surface area contributed by atoms with Gasteiger partial charge in [-0.3, -0.25) is 9.69 Å². The molecule has 2 fully saturated rings. The van der Waals surface area contributed by atoms with Gasteiger partial charge in [-0.15, -0.1) is 0 Å². The number of nitrogen functional groups attached to an aromatic ring is 1. The number of anilines is 1. The number of rotatable bonds is 4. The molecule has 1 aromatic rings. The van der Waals surface area contributed by atoms with Gasteiger partial charge in [-0.25, -0.2) is 0 Å². The molecule has 0 bridgehead atoms. The largest absolute Gasteiger partial charge is 0.384 e. The van der Waals surface area contributed by atoms with Crippen molar-refractivity contribution in [2.24, 2.45) is 0 Å². The highest BCUT2D eigenvalue weighted by atomic mass is 32.1. The summed E-state index contributed by atoms with van der Waals surface area (Å²) in [4.78, 5) is 17.3. The van der Waals surface area contributed by atoms with Crippen LogP contribution < -0.4 is 5.73 Å². The molecule has 2 aliphatic rings. The lowest BCUT2D eigenvalue weighted by atomic mass is 10.3. The Kier molecular flexibility index (Phi) is 5.65. The van der Waals surface area contributed by atoms with E-state index in [1.54, 1.807) is 4.90 Å². The molecular weight excluding hydrogens is 336 g/mol. The molecule has 0 radical (unpaired) electrons. The summed E-state index contributed by atoms with van der Waals surface area (Å²) in [5.41, 5.74) is 6.21. The van der Waals surface area contributed by atoms with Crippen molar-refractivity contribution in [3.05, 3.63) is 8.83 Å². The van der Waals surface area contributed by atoms with Gasteiger partial charge in [-0.2, -0.15) is 0 Å². The number of hydrogen-bond acceptors (Lipinski definition) is 7. The lowest BCUT2D eigenvalue weighted by molar-refractivity contribution is 0.0306. The number of carbonyl (C=O) groups is 1. The van der Waals surface area contributed by atoms with Gasteiger partial charge < -0.3 is 24.7 Å². The minimum atomic E-state index is -0.0352. The highest BCUT2D eigenvalue weighted by molar-refractivity contribution is 7.73. The van der Waals surface area contributed by atoms with Crippen LogP contribution in [0.4, 0.5) is 5.82 Å². The fourth-order valence-corrected chi connectivity index (χ4v) is 4.10. The third kappa shape index (κ3) is 3.92. The van der Waals surface area contributed by atoms with Crippen molar-refractivity contribution in [3.8, 4) is 0 Å². The van der Waals surface area contributed by atoms with Crippen LogP contribution in [0.2, 0.25) is 0 Å². The van der Waals surface area contributed by atoms with Crippen molar-refractivity contribution in [1.29, 1.82) is 0 Å². The molecule has 3 heterocycles. The van der Waals surface area contributed by atoms with Gasteiger partial charge in [-0.05, 0) is 12.2 Å². The summed E-state index contributed by atoms with van der Waals surface area (Å²) < 4.78 is 13.2. The average molecular weight is 358 g/mol. The standard InChI is InChI=1S/C14H22N4O3S2/c15-12-11(13(19)17-5-9-21-10-6-17)23-14(22)18(12)2-1-16-3-7-20-8-4-16/h1-10,15H2. The van der Waals surface area contributed by atoms with Crippen molar-refractivity contribution < 1.29 is 14.3 Å². The van der Waals surface area contributed by atoms with E-state index in [9.17, 15) is 4.79 Å². The summed E-state index contributed by atoms with van der Waals surface area (Å²) >= 11 is 6.72. The van der Waals surface area contributed by atoms with Crippen LogP contribution in [0.3, 0.4) is 0 Å². The monoisotopic (exact) mass is 358 g/mol. The van der Waals surface area contributed by atoms with E-state index in [1.165, 1.54) is 11.3 Å². The van der Waals surface area contributed by atoms with Gasteiger partial charge in [0, 0.05) is 39.3 Å². The quantitative estimate of drug-likeness (QED) is 0.798. The van der Waals surface area contributed by atoms with E-state index in [0.29, 0.717) is 47.5 Å². The van der Waals surface area contributed by atoms with Crippen molar-refractivity contribution in [3.63, 3.8) is 0 Å². The highest BCUT2D eigenvalue weighted by Crippen LogP contribution is 2.24. The number of nitrogens with two attached hydrogens (primary N) is 1. The van der Waals surface area contributed by atoms with Gasteiger partial charge in [0.1, 0.15) is 10.7 Å². The number of carbonyl (C=O) groups excluding carboxylic acids is 1. The maximum Gasteiger partial charge on any atom is 0.267 e. The first-order chi connectivity index (χ1) is 11.2. The second-order valence-corrected chi connectivity index (χ2v) is 7.24. The maximum absolute atomic E-state index is 12.6. The minimum absolute atomic E-state index is 0.0352. The molecule has 1 amide bonds. The van der Waals surface area contributed by atoms with Crippen molar-refractivity contribution >= 4 is 35.3 Å². The van der Waals surface area contributed by atoms with Crippen LogP contribution in [0.1, 0.15) is 9.67 Å². The molecule has 0 saturated carbocycles. The first kappa shape index (κ1) is 16.8. The molecule has 2 saturated heterocycles. The van der Waals surface area contributed by atoms with Crippen LogP contribution >= 0.6 is 23.6 Å². The highest BCUT2D eigenvalue weighted by Gasteiger charge is 2.24. The third-order valence-corrected chi connectivity index (χ3v) is 5.62. The molecular formula is C14H22N4O3S2. The Balaban J connectivity index is 1.68. The molecule has 1 aromatic heterocycles. The average Bonchev–Trinajstić information content (AvgIpc) is 2.88. The van der Waals surface area contributed by atoms with Crippen molar-refractivity contribution in [2.45, 2.75) is 6.54 Å². The first-order valence-electron chi connectivity index (χ1n) is 7.83. The molecule has 0 aromatic carbocycles. The summed E-state index contributed by atoms with van der Waals surface area (Å²) in [5, 5.41) is 0. The lowest BCUT2D eigenvalue weighted by Crippen LogP contribution is -2.40. The molecule has 2 aliphatic heterocycles.